The van der Waals surface area contributed by atoms with Crippen molar-refractivity contribution in [3.8, 4) is 0 Å². The van der Waals surface area contributed by atoms with Crippen molar-refractivity contribution in [2.75, 3.05) is 11.9 Å². The largest absolute Gasteiger partial charge is 0.352 e. The molecule has 1 aromatic rings. The van der Waals surface area contributed by atoms with Gasteiger partial charge in [-0.25, -0.2) is 0 Å². The van der Waals surface area contributed by atoms with Gasteiger partial charge < -0.3 is 10.6 Å². The van der Waals surface area contributed by atoms with Gasteiger partial charge in [0.15, 0.2) is 0 Å². The zero-order valence-electron chi connectivity index (χ0n) is 11.8. The number of anilines is 1. The number of amides is 2. The monoisotopic (exact) mass is 262 g/mol. The number of benzene rings is 1. The maximum Gasteiger partial charge on any atom is 0.251 e. The van der Waals surface area contributed by atoms with Crippen LogP contribution in [0.2, 0.25) is 0 Å². The second-order valence-corrected chi connectivity index (χ2v) is 4.98. The first-order valence-electron chi connectivity index (χ1n) is 6.71. The van der Waals surface area contributed by atoms with Crippen LogP contribution >= 0.6 is 0 Å². The Morgan fingerprint density at radius 2 is 2.00 bits per heavy atom. The molecule has 0 aliphatic carbocycles. The molecule has 2 amide bonds. The number of hydrogen-bond donors (Lipinski definition) is 2. The van der Waals surface area contributed by atoms with Crippen molar-refractivity contribution in [2.45, 2.75) is 33.6 Å². The van der Waals surface area contributed by atoms with Crippen LogP contribution in [0.25, 0.3) is 0 Å². The summed E-state index contributed by atoms with van der Waals surface area (Å²) in [7, 11) is 0. The van der Waals surface area contributed by atoms with Crippen molar-refractivity contribution in [1.82, 2.24) is 5.32 Å². The third kappa shape index (κ3) is 5.55. The minimum atomic E-state index is -0.111. The van der Waals surface area contributed by atoms with Gasteiger partial charge in [-0.3, -0.25) is 9.59 Å². The van der Waals surface area contributed by atoms with E-state index in [1.54, 1.807) is 24.3 Å². The second-order valence-electron chi connectivity index (χ2n) is 4.98. The molecular weight excluding hydrogens is 240 g/mol. The van der Waals surface area contributed by atoms with E-state index in [4.69, 9.17) is 0 Å². The lowest BCUT2D eigenvalue weighted by molar-refractivity contribution is -0.116. The van der Waals surface area contributed by atoms with Crippen LogP contribution in [0.3, 0.4) is 0 Å². The fourth-order valence-corrected chi connectivity index (χ4v) is 1.59. The molecule has 0 aliphatic heterocycles. The average Bonchev–Trinajstić information content (AvgIpc) is 2.36. The summed E-state index contributed by atoms with van der Waals surface area (Å²) in [5.41, 5.74) is 1.23. The summed E-state index contributed by atoms with van der Waals surface area (Å²) in [6.45, 7) is 6.68. The highest BCUT2D eigenvalue weighted by molar-refractivity contribution is 5.97. The van der Waals surface area contributed by atoms with Gasteiger partial charge >= 0.3 is 0 Å². The SMILES string of the molecule is CCCC(=O)Nc1cccc(C(=O)NCC(C)C)c1. The number of carbonyl (C=O) groups excluding carboxylic acids is 2. The lowest BCUT2D eigenvalue weighted by atomic mass is 10.1. The molecule has 0 heterocycles. The molecule has 4 nitrogen and oxygen atoms in total. The van der Waals surface area contributed by atoms with Gasteiger partial charge in [-0.15, -0.1) is 0 Å². The summed E-state index contributed by atoms with van der Waals surface area (Å²) in [5.74, 6) is 0.277. The van der Waals surface area contributed by atoms with Crippen molar-refractivity contribution >= 4 is 17.5 Å². The summed E-state index contributed by atoms with van der Waals surface area (Å²) >= 11 is 0. The van der Waals surface area contributed by atoms with Gasteiger partial charge in [0.05, 0.1) is 0 Å². The maximum absolute atomic E-state index is 11.9. The van der Waals surface area contributed by atoms with Crippen LogP contribution in [0.5, 0.6) is 0 Å². The molecule has 0 fully saturated rings. The van der Waals surface area contributed by atoms with Crippen LogP contribution in [0.1, 0.15) is 44.0 Å². The molecule has 0 radical (unpaired) electrons. The summed E-state index contributed by atoms with van der Waals surface area (Å²) < 4.78 is 0. The van der Waals surface area contributed by atoms with E-state index in [0.29, 0.717) is 30.1 Å². The molecule has 0 saturated carbocycles. The molecule has 2 N–H and O–H groups in total. The highest BCUT2D eigenvalue weighted by Crippen LogP contribution is 2.11. The fraction of sp³-hybridized carbons (Fsp3) is 0.467. The topological polar surface area (TPSA) is 58.2 Å². The Hall–Kier alpha value is -1.84. The predicted molar refractivity (Wildman–Crippen MR) is 77.2 cm³/mol. The zero-order valence-corrected chi connectivity index (χ0v) is 11.8. The van der Waals surface area contributed by atoms with Crippen LogP contribution in [0.15, 0.2) is 24.3 Å². The first-order valence-corrected chi connectivity index (χ1v) is 6.71. The lowest BCUT2D eigenvalue weighted by Crippen LogP contribution is -2.27. The molecule has 0 atom stereocenters. The van der Waals surface area contributed by atoms with E-state index in [2.05, 4.69) is 10.6 Å². The molecule has 0 spiro atoms. The number of carbonyl (C=O) groups is 2. The van der Waals surface area contributed by atoms with Gasteiger partial charge in [0, 0.05) is 24.2 Å². The molecule has 0 bridgehead atoms. The Kier molecular flexibility index (Phi) is 6.06. The number of nitrogens with one attached hydrogen (secondary N) is 2. The van der Waals surface area contributed by atoms with Gasteiger partial charge in [0.1, 0.15) is 0 Å². The van der Waals surface area contributed by atoms with Crippen LogP contribution in [0, 0.1) is 5.92 Å². The van der Waals surface area contributed by atoms with E-state index >= 15 is 0 Å². The van der Waals surface area contributed by atoms with Crippen LogP contribution < -0.4 is 10.6 Å². The summed E-state index contributed by atoms with van der Waals surface area (Å²) in [6, 6.07) is 6.99. The molecule has 1 aromatic carbocycles. The summed E-state index contributed by atoms with van der Waals surface area (Å²) in [5, 5.41) is 5.64. The molecule has 0 aromatic heterocycles. The van der Waals surface area contributed by atoms with Gasteiger partial charge in [-0.1, -0.05) is 26.8 Å². The smallest absolute Gasteiger partial charge is 0.251 e. The predicted octanol–water partition coefficient (Wildman–Crippen LogP) is 2.81. The van der Waals surface area contributed by atoms with Crippen molar-refractivity contribution in [3.05, 3.63) is 29.8 Å². The summed E-state index contributed by atoms with van der Waals surface area (Å²) in [6.07, 6.45) is 1.30. The van der Waals surface area contributed by atoms with Gasteiger partial charge in [0.2, 0.25) is 5.91 Å². The van der Waals surface area contributed by atoms with Gasteiger partial charge in [0.25, 0.3) is 5.91 Å². The average molecular weight is 262 g/mol. The minimum absolute atomic E-state index is 0.0257. The highest BCUT2D eigenvalue weighted by Gasteiger charge is 2.07. The van der Waals surface area contributed by atoms with Crippen molar-refractivity contribution < 1.29 is 9.59 Å². The first kappa shape index (κ1) is 15.2. The van der Waals surface area contributed by atoms with Crippen LogP contribution in [0.4, 0.5) is 5.69 Å². The van der Waals surface area contributed by atoms with Gasteiger partial charge in [-0.2, -0.15) is 0 Å². The Morgan fingerprint density at radius 1 is 1.26 bits per heavy atom. The Labute approximate surface area is 114 Å². The van der Waals surface area contributed by atoms with Crippen molar-refractivity contribution in [2.24, 2.45) is 5.92 Å². The van der Waals surface area contributed by atoms with E-state index < -0.39 is 0 Å². The van der Waals surface area contributed by atoms with Crippen molar-refractivity contribution in [3.63, 3.8) is 0 Å². The quantitative estimate of drug-likeness (QED) is 0.828. The van der Waals surface area contributed by atoms with Crippen LogP contribution in [-0.2, 0) is 4.79 Å². The third-order valence-electron chi connectivity index (χ3n) is 2.56. The molecule has 4 heteroatoms. The van der Waals surface area contributed by atoms with Gasteiger partial charge in [-0.05, 0) is 30.5 Å². The summed E-state index contributed by atoms with van der Waals surface area (Å²) in [4.78, 5) is 23.4. The van der Waals surface area contributed by atoms with E-state index in [0.717, 1.165) is 6.42 Å². The molecule has 104 valence electrons. The van der Waals surface area contributed by atoms with E-state index in [1.807, 2.05) is 20.8 Å². The lowest BCUT2D eigenvalue weighted by Gasteiger charge is -2.09. The third-order valence-corrected chi connectivity index (χ3v) is 2.56. The molecule has 1 rings (SSSR count). The fourth-order valence-electron chi connectivity index (χ4n) is 1.59. The molecule has 0 saturated heterocycles. The second kappa shape index (κ2) is 7.56. The highest BCUT2D eigenvalue weighted by atomic mass is 16.2. The Balaban J connectivity index is 2.66. The molecule has 0 unspecified atom stereocenters. The number of rotatable bonds is 6. The van der Waals surface area contributed by atoms with E-state index in [1.165, 1.54) is 0 Å². The Bertz CT molecular complexity index is 442. The maximum atomic E-state index is 11.9. The standard InChI is InChI=1S/C15H22N2O2/c1-4-6-14(18)17-13-8-5-7-12(9-13)15(19)16-10-11(2)3/h5,7-9,11H,4,6,10H2,1-3H3,(H,16,19)(H,17,18). The molecule has 0 aliphatic rings. The normalized spacial score (nSPS) is 10.3. The van der Waals surface area contributed by atoms with Crippen molar-refractivity contribution in [1.29, 1.82) is 0 Å². The first-order chi connectivity index (χ1) is 9.02. The zero-order chi connectivity index (χ0) is 14.3. The molecular formula is C15H22N2O2. The Morgan fingerprint density at radius 3 is 2.63 bits per heavy atom. The minimum Gasteiger partial charge on any atom is -0.352 e. The number of hydrogen-bond acceptors (Lipinski definition) is 2. The molecule has 19 heavy (non-hydrogen) atoms. The van der Waals surface area contributed by atoms with Crippen LogP contribution in [-0.4, -0.2) is 18.4 Å². The van der Waals surface area contributed by atoms with E-state index in [9.17, 15) is 9.59 Å². The van der Waals surface area contributed by atoms with E-state index in [-0.39, 0.29) is 11.8 Å².